The minimum absolute atomic E-state index is 0.218. The Morgan fingerprint density at radius 1 is 1.90 bits per heavy atom. The number of aromatic nitrogens is 1. The molecule has 0 bridgehead atoms. The third-order valence-corrected chi connectivity index (χ3v) is 1.78. The van der Waals surface area contributed by atoms with Crippen LogP contribution in [-0.2, 0) is 16.0 Å². The van der Waals surface area contributed by atoms with Gasteiger partial charge in [-0.25, -0.2) is 4.37 Å². The van der Waals surface area contributed by atoms with Crippen molar-refractivity contribution in [1.29, 1.82) is 0 Å². The molecular formula is C6H7NO2S. The number of ether oxygens (including phenoxy) is 1. The summed E-state index contributed by atoms with van der Waals surface area (Å²) in [6, 6.07) is 1.81. The molecule has 54 valence electrons. The summed E-state index contributed by atoms with van der Waals surface area (Å²) in [6.45, 7) is 0. The lowest BCUT2D eigenvalue weighted by atomic mass is 10.4. The number of nitrogens with zero attached hydrogens (tertiary/aromatic N) is 1. The van der Waals surface area contributed by atoms with Crippen LogP contribution in [0, 0.1) is 0 Å². The van der Waals surface area contributed by atoms with Gasteiger partial charge in [0, 0.05) is 11.1 Å². The van der Waals surface area contributed by atoms with Gasteiger partial charge in [0.05, 0.1) is 13.5 Å². The van der Waals surface area contributed by atoms with Gasteiger partial charge in [-0.15, -0.1) is 0 Å². The molecule has 0 N–H and O–H groups in total. The van der Waals surface area contributed by atoms with Crippen molar-refractivity contribution in [2.75, 3.05) is 7.11 Å². The molecule has 0 unspecified atom stereocenters. The quantitative estimate of drug-likeness (QED) is 0.598. The van der Waals surface area contributed by atoms with Crippen LogP contribution in [0.3, 0.4) is 0 Å². The van der Waals surface area contributed by atoms with Crippen LogP contribution in [-0.4, -0.2) is 17.5 Å². The van der Waals surface area contributed by atoms with E-state index in [1.807, 2.05) is 6.07 Å². The highest BCUT2D eigenvalue weighted by Gasteiger charge is 2.02. The van der Waals surface area contributed by atoms with Crippen molar-refractivity contribution < 1.29 is 9.53 Å². The van der Waals surface area contributed by atoms with E-state index in [2.05, 4.69) is 9.11 Å². The fourth-order valence-corrected chi connectivity index (χ4v) is 1.11. The zero-order chi connectivity index (χ0) is 7.40. The number of carbonyl (C=O) groups excluding carboxylic acids is 1. The van der Waals surface area contributed by atoms with Gasteiger partial charge >= 0.3 is 5.97 Å². The predicted octanol–water partition coefficient (Wildman–Crippen LogP) is 0.859. The van der Waals surface area contributed by atoms with Crippen LogP contribution in [0.2, 0.25) is 0 Å². The monoisotopic (exact) mass is 157 g/mol. The molecule has 3 nitrogen and oxygen atoms in total. The number of hydrogen-bond acceptors (Lipinski definition) is 4. The van der Waals surface area contributed by atoms with Gasteiger partial charge in [0.15, 0.2) is 0 Å². The van der Waals surface area contributed by atoms with Crippen molar-refractivity contribution >= 4 is 17.5 Å². The number of hydrogen-bond donors (Lipinski definition) is 0. The maximum Gasteiger partial charge on any atom is 0.310 e. The molecule has 1 aromatic heterocycles. The van der Waals surface area contributed by atoms with Gasteiger partial charge in [-0.1, -0.05) is 0 Å². The molecule has 0 aliphatic heterocycles. The summed E-state index contributed by atoms with van der Waals surface area (Å²) in [7, 11) is 1.38. The first kappa shape index (κ1) is 7.21. The van der Waals surface area contributed by atoms with E-state index in [1.54, 1.807) is 6.20 Å². The van der Waals surface area contributed by atoms with Crippen LogP contribution in [0.1, 0.15) is 4.88 Å². The van der Waals surface area contributed by atoms with Gasteiger partial charge in [0.25, 0.3) is 0 Å². The molecule has 1 aromatic rings. The van der Waals surface area contributed by atoms with Crippen molar-refractivity contribution in [2.24, 2.45) is 0 Å². The Hall–Kier alpha value is -0.900. The normalized spacial score (nSPS) is 9.30. The van der Waals surface area contributed by atoms with Gasteiger partial charge in [-0.3, -0.25) is 4.79 Å². The van der Waals surface area contributed by atoms with E-state index in [0.717, 1.165) is 4.88 Å². The molecule has 1 rings (SSSR count). The zero-order valence-corrected chi connectivity index (χ0v) is 6.35. The molecule has 0 radical (unpaired) electrons. The van der Waals surface area contributed by atoms with Gasteiger partial charge in [-0.05, 0) is 17.6 Å². The second-order valence-electron chi connectivity index (χ2n) is 1.73. The lowest BCUT2D eigenvalue weighted by Crippen LogP contribution is -2.02. The average Bonchev–Trinajstić information content (AvgIpc) is 2.40. The van der Waals surface area contributed by atoms with E-state index in [-0.39, 0.29) is 5.97 Å². The largest absolute Gasteiger partial charge is 0.469 e. The molecule has 1 heterocycles. The third kappa shape index (κ3) is 1.80. The van der Waals surface area contributed by atoms with E-state index in [0.29, 0.717) is 6.42 Å². The van der Waals surface area contributed by atoms with Crippen molar-refractivity contribution in [2.45, 2.75) is 6.42 Å². The number of esters is 1. The Morgan fingerprint density at radius 2 is 2.70 bits per heavy atom. The Morgan fingerprint density at radius 3 is 3.20 bits per heavy atom. The van der Waals surface area contributed by atoms with Crippen molar-refractivity contribution in [3.05, 3.63) is 17.1 Å². The maximum absolute atomic E-state index is 10.6. The molecule has 0 fully saturated rings. The maximum atomic E-state index is 10.6. The topological polar surface area (TPSA) is 39.2 Å². The number of carbonyl (C=O) groups is 1. The predicted molar refractivity (Wildman–Crippen MR) is 37.8 cm³/mol. The summed E-state index contributed by atoms with van der Waals surface area (Å²) in [5.41, 5.74) is 0. The fourth-order valence-electron chi connectivity index (χ4n) is 0.548. The molecule has 4 heteroatoms. The first-order chi connectivity index (χ1) is 4.83. The molecule has 0 amide bonds. The highest BCUT2D eigenvalue weighted by atomic mass is 32.1. The molecule has 0 aliphatic rings. The summed E-state index contributed by atoms with van der Waals surface area (Å²) in [5.74, 6) is -0.218. The highest BCUT2D eigenvalue weighted by molar-refractivity contribution is 7.05. The van der Waals surface area contributed by atoms with E-state index in [4.69, 9.17) is 0 Å². The summed E-state index contributed by atoms with van der Waals surface area (Å²) in [6.07, 6.45) is 2.00. The number of rotatable bonds is 2. The second kappa shape index (κ2) is 3.31. The third-order valence-electron chi connectivity index (χ3n) is 1.04. The summed E-state index contributed by atoms with van der Waals surface area (Å²) >= 11 is 1.32. The van der Waals surface area contributed by atoms with E-state index < -0.39 is 0 Å². The van der Waals surface area contributed by atoms with Crippen LogP contribution < -0.4 is 0 Å². The van der Waals surface area contributed by atoms with Crippen LogP contribution in [0.5, 0.6) is 0 Å². The summed E-state index contributed by atoms with van der Waals surface area (Å²) in [5, 5.41) is 0. The van der Waals surface area contributed by atoms with Crippen LogP contribution in [0.4, 0.5) is 0 Å². The molecule has 0 aliphatic carbocycles. The molecule has 0 aromatic carbocycles. The van der Waals surface area contributed by atoms with E-state index in [9.17, 15) is 4.79 Å². The smallest absolute Gasteiger partial charge is 0.310 e. The summed E-state index contributed by atoms with van der Waals surface area (Å²) in [4.78, 5) is 11.6. The molecule has 10 heavy (non-hydrogen) atoms. The minimum atomic E-state index is -0.218. The Balaban J connectivity index is 2.48. The van der Waals surface area contributed by atoms with Crippen LogP contribution in [0.25, 0.3) is 0 Å². The second-order valence-corrected chi connectivity index (χ2v) is 2.65. The standard InChI is InChI=1S/C6H7NO2S/c1-9-6(8)4-5-2-3-7-10-5/h2-3H,4H2,1H3. The zero-order valence-electron chi connectivity index (χ0n) is 5.53. The molecule has 0 spiro atoms. The van der Waals surface area contributed by atoms with Gasteiger partial charge < -0.3 is 4.74 Å². The SMILES string of the molecule is COC(=O)Cc1ccns1. The van der Waals surface area contributed by atoms with Gasteiger partial charge in [0.1, 0.15) is 0 Å². The first-order valence-electron chi connectivity index (χ1n) is 2.79. The highest BCUT2D eigenvalue weighted by Crippen LogP contribution is 2.05. The van der Waals surface area contributed by atoms with Crippen molar-refractivity contribution in [3.8, 4) is 0 Å². The van der Waals surface area contributed by atoms with Crippen molar-refractivity contribution in [1.82, 2.24) is 4.37 Å². The molecule has 0 atom stereocenters. The van der Waals surface area contributed by atoms with Gasteiger partial charge in [-0.2, -0.15) is 0 Å². The lowest BCUT2D eigenvalue weighted by molar-refractivity contribution is -0.139. The van der Waals surface area contributed by atoms with Crippen LogP contribution >= 0.6 is 11.5 Å². The summed E-state index contributed by atoms with van der Waals surface area (Å²) < 4.78 is 8.31. The minimum Gasteiger partial charge on any atom is -0.469 e. The Bertz CT molecular complexity index is 208. The van der Waals surface area contributed by atoms with Crippen LogP contribution in [0.15, 0.2) is 12.3 Å². The average molecular weight is 157 g/mol. The van der Waals surface area contributed by atoms with E-state index in [1.165, 1.54) is 18.6 Å². The first-order valence-corrected chi connectivity index (χ1v) is 3.56. The Kier molecular flexibility index (Phi) is 2.39. The molecular weight excluding hydrogens is 150 g/mol. The van der Waals surface area contributed by atoms with Gasteiger partial charge in [0.2, 0.25) is 0 Å². The fraction of sp³-hybridized carbons (Fsp3) is 0.333. The molecule has 0 saturated heterocycles. The van der Waals surface area contributed by atoms with Crippen molar-refractivity contribution in [3.63, 3.8) is 0 Å². The number of methoxy groups -OCH3 is 1. The molecule has 0 saturated carbocycles. The Labute approximate surface area is 62.8 Å². The van der Waals surface area contributed by atoms with E-state index >= 15 is 0 Å². The lowest BCUT2D eigenvalue weighted by Gasteiger charge is -1.92.